The maximum absolute atomic E-state index is 12.4. The zero-order valence-electron chi connectivity index (χ0n) is 12.6. The zero-order valence-corrected chi connectivity index (χ0v) is 13.4. The highest BCUT2D eigenvalue weighted by atomic mass is 35.5. The van der Waals surface area contributed by atoms with Crippen molar-refractivity contribution in [2.45, 2.75) is 19.4 Å². The van der Waals surface area contributed by atoms with Crippen LogP contribution in [-0.4, -0.2) is 48.5 Å². The first-order valence-corrected chi connectivity index (χ1v) is 6.93. The predicted molar refractivity (Wildman–Crippen MR) is 84.9 cm³/mol. The van der Waals surface area contributed by atoms with Gasteiger partial charge in [0.2, 0.25) is 0 Å². The number of likely N-dealkylation sites (N-methyl/N-ethyl adjacent to an activating group) is 1. The van der Waals surface area contributed by atoms with Crippen LogP contribution in [-0.2, 0) is 0 Å². The molecule has 1 N–H and O–H groups in total. The summed E-state index contributed by atoms with van der Waals surface area (Å²) >= 11 is 0. The third-order valence-corrected chi connectivity index (χ3v) is 3.60. The summed E-state index contributed by atoms with van der Waals surface area (Å²) < 4.78 is 5.22. The van der Waals surface area contributed by atoms with Crippen LogP contribution < -0.4 is 10.1 Å². The molecule has 1 aliphatic rings. The van der Waals surface area contributed by atoms with Crippen molar-refractivity contribution in [2.24, 2.45) is 0 Å². The maximum atomic E-state index is 12.4. The first kappa shape index (κ1) is 18.2. The smallest absolute Gasteiger partial charge is 0.311 e. The first-order valence-electron chi connectivity index (χ1n) is 6.93. The molecular weight excluding hydrogens is 310 g/mol. The molecule has 0 radical (unpaired) electrons. The number of carbonyl (C=O) groups is 1. The summed E-state index contributed by atoms with van der Waals surface area (Å²) in [6, 6.07) is 4.46. The summed E-state index contributed by atoms with van der Waals surface area (Å²) in [5.41, 5.74) is 0.125. The van der Waals surface area contributed by atoms with Gasteiger partial charge >= 0.3 is 5.69 Å². The number of halogens is 1. The SMILES string of the molecule is CCOc1ccc(C(=O)N(C)C2CCNC2)cc1[N+](=O)[O-].Cl. The average molecular weight is 330 g/mol. The van der Waals surface area contributed by atoms with Crippen molar-refractivity contribution in [2.75, 3.05) is 26.7 Å². The van der Waals surface area contributed by atoms with E-state index in [9.17, 15) is 14.9 Å². The number of hydrogen-bond acceptors (Lipinski definition) is 5. The lowest BCUT2D eigenvalue weighted by Crippen LogP contribution is -2.38. The molecule has 1 aliphatic heterocycles. The second kappa shape index (κ2) is 7.95. The number of amides is 1. The third-order valence-electron chi connectivity index (χ3n) is 3.60. The minimum Gasteiger partial charge on any atom is -0.487 e. The van der Waals surface area contributed by atoms with E-state index in [1.807, 2.05) is 0 Å². The maximum Gasteiger partial charge on any atom is 0.311 e. The van der Waals surface area contributed by atoms with Crippen molar-refractivity contribution >= 4 is 24.0 Å². The van der Waals surface area contributed by atoms with Crippen LogP contribution in [0.2, 0.25) is 0 Å². The van der Waals surface area contributed by atoms with Crippen LogP contribution in [0.1, 0.15) is 23.7 Å². The fourth-order valence-corrected chi connectivity index (χ4v) is 2.41. The van der Waals surface area contributed by atoms with Gasteiger partial charge in [-0.25, -0.2) is 0 Å². The van der Waals surface area contributed by atoms with E-state index in [4.69, 9.17) is 4.74 Å². The Labute approximate surface area is 135 Å². The second-order valence-corrected chi connectivity index (χ2v) is 4.94. The Hall–Kier alpha value is -1.86. The van der Waals surface area contributed by atoms with E-state index in [1.54, 1.807) is 24.9 Å². The number of nitro groups is 1. The summed E-state index contributed by atoms with van der Waals surface area (Å²) in [4.78, 5) is 24.6. The van der Waals surface area contributed by atoms with Crippen LogP contribution in [0.5, 0.6) is 5.75 Å². The number of ether oxygens (including phenoxy) is 1. The van der Waals surface area contributed by atoms with Gasteiger partial charge in [0.15, 0.2) is 5.75 Å². The number of carbonyl (C=O) groups excluding carboxylic acids is 1. The average Bonchev–Trinajstić information content (AvgIpc) is 3.00. The Morgan fingerprint density at radius 2 is 2.27 bits per heavy atom. The molecule has 1 aromatic carbocycles. The summed E-state index contributed by atoms with van der Waals surface area (Å²) in [6.45, 7) is 3.72. The standard InChI is InChI=1S/C14H19N3O4.ClH/c1-3-21-13-5-4-10(8-12(13)17(19)20)14(18)16(2)11-6-7-15-9-11;/h4-5,8,11,15H,3,6-7,9H2,1-2H3;1H. The van der Waals surface area contributed by atoms with E-state index >= 15 is 0 Å². The van der Waals surface area contributed by atoms with E-state index < -0.39 is 4.92 Å². The molecule has 1 amide bonds. The van der Waals surface area contributed by atoms with E-state index in [0.717, 1.165) is 19.5 Å². The molecule has 0 saturated carbocycles. The molecular formula is C14H20ClN3O4. The normalized spacial score (nSPS) is 16.7. The van der Waals surface area contributed by atoms with Crippen LogP contribution in [0.3, 0.4) is 0 Å². The van der Waals surface area contributed by atoms with Crippen molar-refractivity contribution in [3.8, 4) is 5.75 Å². The van der Waals surface area contributed by atoms with Gasteiger partial charge in [0.1, 0.15) is 0 Å². The van der Waals surface area contributed by atoms with Crippen molar-refractivity contribution in [1.29, 1.82) is 0 Å². The Bertz CT molecular complexity index is 547. The van der Waals surface area contributed by atoms with Gasteiger partial charge < -0.3 is 15.0 Å². The second-order valence-electron chi connectivity index (χ2n) is 4.94. The lowest BCUT2D eigenvalue weighted by Gasteiger charge is -2.23. The largest absolute Gasteiger partial charge is 0.487 e. The predicted octanol–water partition coefficient (Wildman–Crippen LogP) is 1.85. The highest BCUT2D eigenvalue weighted by Crippen LogP contribution is 2.28. The Kier molecular flexibility index (Phi) is 6.58. The molecule has 7 nitrogen and oxygen atoms in total. The molecule has 122 valence electrons. The summed E-state index contributed by atoms with van der Waals surface area (Å²) in [5.74, 6) is -0.0286. The molecule has 1 aromatic rings. The van der Waals surface area contributed by atoms with Gasteiger partial charge in [-0.05, 0) is 32.0 Å². The van der Waals surface area contributed by atoms with Crippen molar-refractivity contribution < 1.29 is 14.5 Å². The van der Waals surface area contributed by atoms with E-state index in [0.29, 0.717) is 12.2 Å². The molecule has 8 heteroatoms. The molecule has 22 heavy (non-hydrogen) atoms. The van der Waals surface area contributed by atoms with Gasteiger partial charge in [-0.1, -0.05) is 0 Å². The Balaban J connectivity index is 0.00000242. The van der Waals surface area contributed by atoms with Crippen LogP contribution >= 0.6 is 12.4 Å². The van der Waals surface area contributed by atoms with Gasteiger partial charge in [0.05, 0.1) is 11.5 Å². The van der Waals surface area contributed by atoms with Gasteiger partial charge in [-0.2, -0.15) is 0 Å². The number of rotatable bonds is 5. The van der Waals surface area contributed by atoms with Crippen LogP contribution in [0, 0.1) is 10.1 Å². The molecule has 1 saturated heterocycles. The number of nitro benzene ring substituents is 1. The lowest BCUT2D eigenvalue weighted by atomic mass is 10.1. The highest BCUT2D eigenvalue weighted by Gasteiger charge is 2.26. The minimum atomic E-state index is -0.529. The zero-order chi connectivity index (χ0) is 15.4. The molecule has 1 unspecified atom stereocenters. The van der Waals surface area contributed by atoms with Crippen molar-refractivity contribution in [1.82, 2.24) is 10.2 Å². The van der Waals surface area contributed by atoms with E-state index in [2.05, 4.69) is 5.32 Å². The minimum absolute atomic E-state index is 0. The molecule has 0 aromatic heterocycles. The van der Waals surface area contributed by atoms with E-state index in [1.165, 1.54) is 12.1 Å². The first-order chi connectivity index (χ1) is 10.0. The fraction of sp³-hybridized carbons (Fsp3) is 0.500. The molecule has 2 rings (SSSR count). The fourth-order valence-electron chi connectivity index (χ4n) is 2.41. The highest BCUT2D eigenvalue weighted by molar-refractivity contribution is 5.95. The Morgan fingerprint density at radius 1 is 1.55 bits per heavy atom. The summed E-state index contributed by atoms with van der Waals surface area (Å²) in [6.07, 6.45) is 0.890. The van der Waals surface area contributed by atoms with Crippen LogP contribution in [0.25, 0.3) is 0 Å². The molecule has 0 spiro atoms. The van der Waals surface area contributed by atoms with Gasteiger partial charge in [-0.3, -0.25) is 14.9 Å². The number of hydrogen-bond donors (Lipinski definition) is 1. The van der Waals surface area contributed by atoms with Gasteiger partial charge in [0.25, 0.3) is 5.91 Å². The van der Waals surface area contributed by atoms with Crippen molar-refractivity contribution in [3.05, 3.63) is 33.9 Å². The summed E-state index contributed by atoms with van der Waals surface area (Å²) in [7, 11) is 1.72. The third kappa shape index (κ3) is 3.86. The number of nitrogens with zero attached hydrogens (tertiary/aromatic N) is 2. The molecule has 1 atom stereocenters. The van der Waals surface area contributed by atoms with E-state index in [-0.39, 0.29) is 35.8 Å². The molecule has 1 fully saturated rings. The van der Waals surface area contributed by atoms with Crippen LogP contribution in [0.4, 0.5) is 5.69 Å². The quantitative estimate of drug-likeness (QED) is 0.658. The number of benzene rings is 1. The molecule has 0 aliphatic carbocycles. The van der Waals surface area contributed by atoms with Crippen molar-refractivity contribution in [3.63, 3.8) is 0 Å². The number of nitrogens with one attached hydrogen (secondary N) is 1. The van der Waals surface area contributed by atoms with Crippen LogP contribution in [0.15, 0.2) is 18.2 Å². The molecule has 0 bridgehead atoms. The summed E-state index contributed by atoms with van der Waals surface area (Å²) in [5, 5.41) is 14.3. The Morgan fingerprint density at radius 3 is 2.82 bits per heavy atom. The molecule has 1 heterocycles. The van der Waals surface area contributed by atoms with Gasteiger partial charge in [-0.15, -0.1) is 12.4 Å². The monoisotopic (exact) mass is 329 g/mol. The van der Waals surface area contributed by atoms with Gasteiger partial charge in [0, 0.05) is 31.3 Å². The lowest BCUT2D eigenvalue weighted by molar-refractivity contribution is -0.385. The topological polar surface area (TPSA) is 84.7 Å².